The molecule has 2 atom stereocenters. The third kappa shape index (κ3) is 2.88. The first-order chi connectivity index (χ1) is 5.92. The van der Waals surface area contributed by atoms with Gasteiger partial charge in [-0.25, -0.2) is 8.78 Å². The fraction of sp³-hybridized carbons (Fsp3) is 1.00. The first-order valence-corrected chi connectivity index (χ1v) is 4.72. The lowest BCUT2D eigenvalue weighted by Crippen LogP contribution is -2.47. The van der Waals surface area contributed by atoms with Gasteiger partial charge in [0.15, 0.2) is 0 Å². The number of hydrogen-bond acceptors (Lipinski definition) is 2. The predicted molar refractivity (Wildman–Crippen MR) is 46.9 cm³/mol. The van der Waals surface area contributed by atoms with Crippen molar-refractivity contribution in [1.82, 2.24) is 4.90 Å². The standard InChI is InChI=1S/C9H17F2NO/c1-7(8(2)13)12-5-3-9(10,11)4-6-12/h7-8,13H,3-6H2,1-2H3. The van der Waals surface area contributed by atoms with Crippen LogP contribution in [0.5, 0.6) is 0 Å². The van der Waals surface area contributed by atoms with Crippen LogP contribution in [0.2, 0.25) is 0 Å². The van der Waals surface area contributed by atoms with Crippen molar-refractivity contribution in [2.75, 3.05) is 13.1 Å². The number of alkyl halides is 2. The van der Waals surface area contributed by atoms with Crippen molar-refractivity contribution in [1.29, 1.82) is 0 Å². The Kier molecular flexibility index (Phi) is 3.24. The Balaban J connectivity index is 2.41. The molecule has 4 heteroatoms. The number of aliphatic hydroxyl groups is 1. The minimum Gasteiger partial charge on any atom is -0.392 e. The normalized spacial score (nSPS) is 28.4. The van der Waals surface area contributed by atoms with E-state index < -0.39 is 12.0 Å². The summed E-state index contributed by atoms with van der Waals surface area (Å²) in [6, 6.07) is -0.0175. The third-order valence-electron chi connectivity index (χ3n) is 2.80. The average Bonchev–Trinajstić information content (AvgIpc) is 2.03. The molecule has 1 N–H and O–H groups in total. The van der Waals surface area contributed by atoms with Crippen LogP contribution in [0.4, 0.5) is 8.78 Å². The van der Waals surface area contributed by atoms with Crippen molar-refractivity contribution < 1.29 is 13.9 Å². The SMILES string of the molecule is CC(O)C(C)N1CCC(F)(F)CC1. The first kappa shape index (κ1) is 10.9. The third-order valence-corrected chi connectivity index (χ3v) is 2.80. The Morgan fingerprint density at radius 1 is 1.23 bits per heavy atom. The molecule has 0 aliphatic carbocycles. The van der Waals surface area contributed by atoms with Gasteiger partial charge in [0.25, 0.3) is 5.92 Å². The van der Waals surface area contributed by atoms with E-state index in [9.17, 15) is 13.9 Å². The second kappa shape index (κ2) is 3.88. The molecular formula is C9H17F2NO. The van der Waals surface area contributed by atoms with Crippen molar-refractivity contribution in [3.63, 3.8) is 0 Å². The van der Waals surface area contributed by atoms with Crippen LogP contribution >= 0.6 is 0 Å². The maximum atomic E-state index is 12.8. The number of rotatable bonds is 2. The number of halogens is 2. The molecule has 0 spiro atoms. The highest BCUT2D eigenvalue weighted by Gasteiger charge is 2.35. The number of likely N-dealkylation sites (tertiary alicyclic amines) is 1. The van der Waals surface area contributed by atoms with E-state index in [1.165, 1.54) is 0 Å². The minimum absolute atomic E-state index is 0.0175. The van der Waals surface area contributed by atoms with Gasteiger partial charge in [0.1, 0.15) is 0 Å². The van der Waals surface area contributed by atoms with E-state index in [1.54, 1.807) is 6.92 Å². The second-order valence-corrected chi connectivity index (χ2v) is 3.87. The molecule has 0 aromatic heterocycles. The molecule has 0 aromatic carbocycles. The summed E-state index contributed by atoms with van der Waals surface area (Å²) in [6.07, 6.45) is -0.611. The second-order valence-electron chi connectivity index (χ2n) is 3.87. The highest BCUT2D eigenvalue weighted by atomic mass is 19.3. The van der Waals surface area contributed by atoms with Crippen LogP contribution in [0.1, 0.15) is 26.7 Å². The van der Waals surface area contributed by atoms with Gasteiger partial charge in [0, 0.05) is 32.0 Å². The Hall–Kier alpha value is -0.220. The van der Waals surface area contributed by atoms with Crippen LogP contribution in [0.3, 0.4) is 0 Å². The molecule has 1 aliphatic rings. The molecule has 1 rings (SSSR count). The number of piperidine rings is 1. The van der Waals surface area contributed by atoms with Crippen LogP contribution in [-0.2, 0) is 0 Å². The number of nitrogens with zero attached hydrogens (tertiary/aromatic N) is 1. The highest BCUT2D eigenvalue weighted by molar-refractivity contribution is 4.82. The van der Waals surface area contributed by atoms with Gasteiger partial charge in [-0.05, 0) is 13.8 Å². The van der Waals surface area contributed by atoms with Crippen molar-refractivity contribution in [3.05, 3.63) is 0 Å². The Morgan fingerprint density at radius 3 is 2.08 bits per heavy atom. The molecule has 2 nitrogen and oxygen atoms in total. The van der Waals surface area contributed by atoms with Gasteiger partial charge >= 0.3 is 0 Å². The summed E-state index contributed by atoms with van der Waals surface area (Å²) in [5.74, 6) is -2.49. The summed E-state index contributed by atoms with van der Waals surface area (Å²) in [6.45, 7) is 4.34. The van der Waals surface area contributed by atoms with Crippen molar-refractivity contribution >= 4 is 0 Å². The van der Waals surface area contributed by atoms with E-state index in [4.69, 9.17) is 0 Å². The lowest BCUT2D eigenvalue weighted by molar-refractivity contribution is -0.0713. The fourth-order valence-corrected chi connectivity index (χ4v) is 1.56. The maximum absolute atomic E-state index is 12.8. The largest absolute Gasteiger partial charge is 0.392 e. The molecule has 0 amide bonds. The zero-order valence-electron chi connectivity index (χ0n) is 8.13. The van der Waals surface area contributed by atoms with Crippen LogP contribution in [-0.4, -0.2) is 41.2 Å². The van der Waals surface area contributed by atoms with E-state index in [0.717, 1.165) is 0 Å². The first-order valence-electron chi connectivity index (χ1n) is 4.72. The molecule has 0 saturated carbocycles. The van der Waals surface area contributed by atoms with Gasteiger partial charge in [-0.1, -0.05) is 0 Å². The smallest absolute Gasteiger partial charge is 0.250 e. The van der Waals surface area contributed by atoms with E-state index in [0.29, 0.717) is 13.1 Å². The Bertz CT molecular complexity index is 163. The average molecular weight is 193 g/mol. The van der Waals surface area contributed by atoms with Gasteiger partial charge in [0.2, 0.25) is 0 Å². The molecular weight excluding hydrogens is 176 g/mol. The van der Waals surface area contributed by atoms with Gasteiger partial charge < -0.3 is 5.11 Å². The Morgan fingerprint density at radius 2 is 1.69 bits per heavy atom. The van der Waals surface area contributed by atoms with Gasteiger partial charge in [-0.3, -0.25) is 4.90 Å². The fourth-order valence-electron chi connectivity index (χ4n) is 1.56. The van der Waals surface area contributed by atoms with Crippen LogP contribution < -0.4 is 0 Å². The molecule has 13 heavy (non-hydrogen) atoms. The van der Waals surface area contributed by atoms with E-state index in [2.05, 4.69) is 0 Å². The molecule has 0 radical (unpaired) electrons. The van der Waals surface area contributed by atoms with E-state index in [1.807, 2.05) is 11.8 Å². The molecule has 1 aliphatic heterocycles. The molecule has 1 saturated heterocycles. The van der Waals surface area contributed by atoms with Crippen LogP contribution in [0.15, 0.2) is 0 Å². The molecule has 0 bridgehead atoms. The molecule has 2 unspecified atom stereocenters. The molecule has 1 fully saturated rings. The minimum atomic E-state index is -2.49. The summed E-state index contributed by atoms with van der Waals surface area (Å²) in [5.41, 5.74) is 0. The highest BCUT2D eigenvalue weighted by Crippen LogP contribution is 2.28. The number of hydrogen-bond donors (Lipinski definition) is 1. The van der Waals surface area contributed by atoms with Gasteiger partial charge in [-0.15, -0.1) is 0 Å². The van der Waals surface area contributed by atoms with E-state index in [-0.39, 0.29) is 18.9 Å². The zero-order chi connectivity index (χ0) is 10.1. The summed E-state index contributed by atoms with van der Waals surface area (Å²) < 4.78 is 25.5. The van der Waals surface area contributed by atoms with Crippen molar-refractivity contribution in [2.24, 2.45) is 0 Å². The molecule has 0 aromatic rings. The molecule has 1 heterocycles. The predicted octanol–water partition coefficient (Wildman–Crippen LogP) is 1.49. The summed E-state index contributed by atoms with van der Waals surface area (Å²) >= 11 is 0. The molecule has 78 valence electrons. The number of aliphatic hydroxyl groups excluding tert-OH is 1. The van der Waals surface area contributed by atoms with Crippen LogP contribution in [0.25, 0.3) is 0 Å². The lowest BCUT2D eigenvalue weighted by Gasteiger charge is -2.36. The topological polar surface area (TPSA) is 23.5 Å². The zero-order valence-corrected chi connectivity index (χ0v) is 8.13. The van der Waals surface area contributed by atoms with Gasteiger partial charge in [-0.2, -0.15) is 0 Å². The summed E-state index contributed by atoms with van der Waals surface area (Å²) in [5, 5.41) is 9.27. The summed E-state index contributed by atoms with van der Waals surface area (Å²) in [4.78, 5) is 1.92. The Labute approximate surface area is 77.5 Å². The monoisotopic (exact) mass is 193 g/mol. The lowest BCUT2D eigenvalue weighted by atomic mass is 10.0. The summed E-state index contributed by atoms with van der Waals surface area (Å²) in [7, 11) is 0. The van der Waals surface area contributed by atoms with E-state index >= 15 is 0 Å². The van der Waals surface area contributed by atoms with Crippen molar-refractivity contribution in [2.45, 2.75) is 44.8 Å². The maximum Gasteiger partial charge on any atom is 0.250 e. The quantitative estimate of drug-likeness (QED) is 0.718. The van der Waals surface area contributed by atoms with Crippen molar-refractivity contribution in [3.8, 4) is 0 Å². The van der Waals surface area contributed by atoms with Crippen LogP contribution in [0, 0.1) is 0 Å². The van der Waals surface area contributed by atoms with Gasteiger partial charge in [0.05, 0.1) is 6.10 Å².